The Bertz CT molecular complexity index is 1260. The highest BCUT2D eigenvalue weighted by Gasteiger charge is 2.35. The average molecular weight is 535 g/mol. The van der Waals surface area contributed by atoms with Crippen LogP contribution < -0.4 is 4.90 Å². The molecule has 0 atom stereocenters. The van der Waals surface area contributed by atoms with E-state index in [0.29, 0.717) is 36.7 Å². The lowest BCUT2D eigenvalue weighted by molar-refractivity contribution is -0.123. The normalized spacial score (nSPS) is 15.8. The molecule has 1 saturated heterocycles. The molecule has 1 fully saturated rings. The summed E-state index contributed by atoms with van der Waals surface area (Å²) < 4.78 is 28.8. The van der Waals surface area contributed by atoms with E-state index in [9.17, 15) is 13.2 Å². The van der Waals surface area contributed by atoms with Gasteiger partial charge in [0.25, 0.3) is 10.0 Å². The van der Waals surface area contributed by atoms with Gasteiger partial charge in [0.2, 0.25) is 5.91 Å². The van der Waals surface area contributed by atoms with Crippen LogP contribution in [-0.2, 0) is 14.8 Å². The largest absolute Gasteiger partial charge is 0.302 e. The number of thiazole rings is 1. The van der Waals surface area contributed by atoms with Gasteiger partial charge in [0, 0.05) is 32.1 Å². The Morgan fingerprint density at radius 3 is 2.49 bits per heavy atom. The number of aromatic nitrogens is 1. The summed E-state index contributed by atoms with van der Waals surface area (Å²) in [5.74, 6) is -0.157. The molecule has 0 unspecified atom stereocenters. The molecule has 1 amide bonds. The first kappa shape index (κ1) is 26.2. The van der Waals surface area contributed by atoms with Crippen molar-refractivity contribution in [3.8, 4) is 0 Å². The monoisotopic (exact) mass is 534 g/mol. The van der Waals surface area contributed by atoms with Crippen molar-refractivity contribution in [2.75, 3.05) is 44.2 Å². The molecule has 35 heavy (non-hydrogen) atoms. The third-order valence-corrected chi connectivity index (χ3v) is 11.2. The first-order chi connectivity index (χ1) is 16.7. The molecule has 4 rings (SSSR count). The number of sulfonamides is 1. The maximum absolute atomic E-state index is 13.8. The van der Waals surface area contributed by atoms with Crippen molar-refractivity contribution < 1.29 is 13.2 Å². The van der Waals surface area contributed by atoms with Gasteiger partial charge >= 0.3 is 0 Å². The first-order valence-corrected chi connectivity index (χ1v) is 15.3. The molecule has 0 spiro atoms. The fourth-order valence-electron chi connectivity index (χ4n) is 4.66. The molecule has 3 heterocycles. The van der Waals surface area contributed by atoms with Crippen molar-refractivity contribution in [3.63, 3.8) is 0 Å². The third kappa shape index (κ3) is 5.61. The van der Waals surface area contributed by atoms with Crippen LogP contribution >= 0.6 is 22.7 Å². The van der Waals surface area contributed by atoms with E-state index in [0.717, 1.165) is 40.5 Å². The molecule has 0 saturated carbocycles. The molecular formula is C25H34N4O3S3. The van der Waals surface area contributed by atoms with E-state index in [1.165, 1.54) is 21.2 Å². The van der Waals surface area contributed by atoms with Gasteiger partial charge in [-0.2, -0.15) is 4.31 Å². The Morgan fingerprint density at radius 1 is 1.14 bits per heavy atom. The molecule has 0 radical (unpaired) electrons. The Kier molecular flexibility index (Phi) is 8.27. The molecule has 2 aromatic heterocycles. The van der Waals surface area contributed by atoms with Crippen LogP contribution in [0.4, 0.5) is 5.13 Å². The van der Waals surface area contributed by atoms with E-state index in [1.807, 2.05) is 4.90 Å². The number of piperidine rings is 1. The minimum atomic E-state index is -3.48. The zero-order valence-electron chi connectivity index (χ0n) is 20.9. The smallest absolute Gasteiger partial charge is 0.252 e. The van der Waals surface area contributed by atoms with Gasteiger partial charge in [0.05, 0.1) is 10.2 Å². The number of hydrogen-bond acceptors (Lipinski definition) is 7. The van der Waals surface area contributed by atoms with Crippen LogP contribution in [-0.4, -0.2) is 67.8 Å². The standard InChI is InChI=1S/C25H34N4O3S3/c1-5-27(6-2)13-14-29(25-26-21-17-18(3)16-19(4)23(21)34-25)24(30)20-9-11-28(12-10-20)35(31,32)22-8-7-15-33-22/h7-8,15-17,20H,5-6,9-14H2,1-4H3. The maximum atomic E-state index is 13.8. The molecule has 1 aromatic carbocycles. The minimum absolute atomic E-state index is 0.0544. The summed E-state index contributed by atoms with van der Waals surface area (Å²) >= 11 is 2.81. The number of hydrogen-bond donors (Lipinski definition) is 0. The Balaban J connectivity index is 1.55. The Labute approximate surface area is 216 Å². The van der Waals surface area contributed by atoms with Crippen molar-refractivity contribution in [2.24, 2.45) is 5.92 Å². The van der Waals surface area contributed by atoms with Crippen LogP contribution in [0.25, 0.3) is 10.2 Å². The SMILES string of the molecule is CCN(CC)CCN(C(=O)C1CCN(S(=O)(=O)c2cccs2)CC1)c1nc2cc(C)cc(C)c2s1. The zero-order chi connectivity index (χ0) is 25.2. The molecule has 3 aromatic rings. The molecule has 190 valence electrons. The van der Waals surface area contributed by atoms with E-state index in [4.69, 9.17) is 4.98 Å². The lowest BCUT2D eigenvalue weighted by Crippen LogP contribution is -2.46. The first-order valence-electron chi connectivity index (χ1n) is 12.2. The van der Waals surface area contributed by atoms with Gasteiger partial charge in [-0.1, -0.05) is 37.3 Å². The van der Waals surface area contributed by atoms with E-state index in [-0.39, 0.29) is 11.8 Å². The van der Waals surface area contributed by atoms with Gasteiger partial charge < -0.3 is 4.90 Å². The molecule has 10 heteroatoms. The Morgan fingerprint density at radius 2 is 1.86 bits per heavy atom. The van der Waals surface area contributed by atoms with Crippen LogP contribution in [0.15, 0.2) is 33.9 Å². The number of carbonyl (C=O) groups excluding carboxylic acids is 1. The van der Waals surface area contributed by atoms with E-state index < -0.39 is 10.0 Å². The molecule has 1 aliphatic heterocycles. The number of anilines is 1. The fraction of sp³-hybridized carbons (Fsp3) is 0.520. The lowest BCUT2D eigenvalue weighted by Gasteiger charge is -2.33. The highest BCUT2D eigenvalue weighted by atomic mass is 32.2. The van der Waals surface area contributed by atoms with Crippen LogP contribution in [0.5, 0.6) is 0 Å². The van der Waals surface area contributed by atoms with E-state index in [1.54, 1.807) is 28.8 Å². The minimum Gasteiger partial charge on any atom is -0.302 e. The number of rotatable bonds is 9. The molecule has 1 aliphatic rings. The highest BCUT2D eigenvalue weighted by molar-refractivity contribution is 7.91. The lowest BCUT2D eigenvalue weighted by atomic mass is 9.96. The van der Waals surface area contributed by atoms with Gasteiger partial charge in [0.1, 0.15) is 4.21 Å². The van der Waals surface area contributed by atoms with Gasteiger partial charge in [-0.25, -0.2) is 13.4 Å². The molecular weight excluding hydrogens is 501 g/mol. The number of nitrogens with zero attached hydrogens (tertiary/aromatic N) is 4. The summed E-state index contributed by atoms with van der Waals surface area (Å²) in [6, 6.07) is 7.62. The summed E-state index contributed by atoms with van der Waals surface area (Å²) in [5.41, 5.74) is 3.26. The Hall–Kier alpha value is -1.85. The van der Waals surface area contributed by atoms with Gasteiger partial charge in [-0.05, 0) is 68.4 Å². The second-order valence-electron chi connectivity index (χ2n) is 9.05. The topological polar surface area (TPSA) is 73.8 Å². The van der Waals surface area contributed by atoms with Crippen LogP contribution in [0, 0.1) is 19.8 Å². The number of amides is 1. The summed E-state index contributed by atoms with van der Waals surface area (Å²) in [6.07, 6.45) is 1.04. The summed E-state index contributed by atoms with van der Waals surface area (Å²) in [6.45, 7) is 12.3. The number of carbonyl (C=O) groups is 1. The van der Waals surface area contributed by atoms with Crippen LogP contribution in [0.1, 0.15) is 37.8 Å². The van der Waals surface area contributed by atoms with Crippen LogP contribution in [0.2, 0.25) is 0 Å². The predicted molar refractivity (Wildman–Crippen MR) is 145 cm³/mol. The molecule has 0 bridgehead atoms. The molecule has 0 N–H and O–H groups in total. The predicted octanol–water partition coefficient (Wildman–Crippen LogP) is 4.75. The van der Waals surface area contributed by atoms with Crippen molar-refractivity contribution in [3.05, 3.63) is 40.8 Å². The summed E-state index contributed by atoms with van der Waals surface area (Å²) in [7, 11) is -3.48. The van der Waals surface area contributed by atoms with Crippen LogP contribution in [0.3, 0.4) is 0 Å². The van der Waals surface area contributed by atoms with Crippen molar-refractivity contribution in [1.29, 1.82) is 0 Å². The second kappa shape index (κ2) is 11.0. The average Bonchev–Trinajstić information content (AvgIpc) is 3.53. The third-order valence-electron chi connectivity index (χ3n) is 6.73. The summed E-state index contributed by atoms with van der Waals surface area (Å²) in [5, 5.41) is 2.51. The second-order valence-corrected chi connectivity index (χ2v) is 13.1. The highest BCUT2D eigenvalue weighted by Crippen LogP contribution is 2.34. The number of aryl methyl sites for hydroxylation is 2. The maximum Gasteiger partial charge on any atom is 0.252 e. The van der Waals surface area contributed by atoms with Gasteiger partial charge in [0.15, 0.2) is 5.13 Å². The number of benzene rings is 1. The fourth-order valence-corrected chi connectivity index (χ4v) is 8.32. The molecule has 0 aliphatic carbocycles. The van der Waals surface area contributed by atoms with Crippen molar-refractivity contribution in [1.82, 2.24) is 14.2 Å². The van der Waals surface area contributed by atoms with Gasteiger partial charge in [-0.3, -0.25) is 9.69 Å². The number of fused-ring (bicyclic) bond motifs is 1. The zero-order valence-corrected chi connectivity index (χ0v) is 23.3. The number of thiophene rings is 1. The summed E-state index contributed by atoms with van der Waals surface area (Å²) in [4.78, 5) is 22.8. The van der Waals surface area contributed by atoms with E-state index in [2.05, 4.69) is 44.7 Å². The van der Waals surface area contributed by atoms with Crippen molar-refractivity contribution in [2.45, 2.75) is 44.7 Å². The van der Waals surface area contributed by atoms with Gasteiger partial charge in [-0.15, -0.1) is 11.3 Å². The molecule has 7 nitrogen and oxygen atoms in total. The quantitative estimate of drug-likeness (QED) is 0.396. The number of likely N-dealkylation sites (N-methyl/N-ethyl adjacent to an activating group) is 1. The van der Waals surface area contributed by atoms with E-state index >= 15 is 0 Å². The van der Waals surface area contributed by atoms with Crippen molar-refractivity contribution >= 4 is 54.0 Å².